The molecule has 0 aliphatic carbocycles. The number of esters is 2. The summed E-state index contributed by atoms with van der Waals surface area (Å²) in [5, 5.41) is 41.6. The number of H-pyrrole nitrogens is 1. The van der Waals surface area contributed by atoms with Gasteiger partial charge in [0.2, 0.25) is 11.7 Å². The molecule has 2 saturated heterocycles. The van der Waals surface area contributed by atoms with E-state index in [4.69, 9.17) is 23.7 Å². The van der Waals surface area contributed by atoms with Gasteiger partial charge in [-0.05, 0) is 68.0 Å². The summed E-state index contributed by atoms with van der Waals surface area (Å²) in [5.41, 5.74) is 4.90. The van der Waals surface area contributed by atoms with Gasteiger partial charge in [0, 0.05) is 58.9 Å². The second kappa shape index (κ2) is 12.2. The number of hydrogen-bond acceptors (Lipinski definition) is 14. The quantitative estimate of drug-likeness (QED) is 0.143. The summed E-state index contributed by atoms with van der Waals surface area (Å²) in [4.78, 5) is 32.4. The van der Waals surface area contributed by atoms with Crippen molar-refractivity contribution in [3.63, 3.8) is 0 Å². The number of aromatic nitrogens is 1. The summed E-state index contributed by atoms with van der Waals surface area (Å²) in [6.45, 7) is 7.43. The number of carbonyl (C=O) groups is 2. The highest BCUT2D eigenvalue weighted by Crippen LogP contribution is 2.67. The molecular formula is C41H41N5O9S. The summed E-state index contributed by atoms with van der Waals surface area (Å²) in [7, 11) is 1.52. The van der Waals surface area contributed by atoms with Crippen LogP contribution in [0.25, 0.3) is 10.9 Å². The van der Waals surface area contributed by atoms with Crippen LogP contribution in [-0.2, 0) is 37.6 Å². The molecule has 3 unspecified atom stereocenters. The average Bonchev–Trinajstić information content (AvgIpc) is 3.81. The number of phenols is 2. The number of hydrogen-bond donors (Lipinski definition) is 5. The molecule has 10 rings (SSSR count). The number of aromatic amines is 1. The normalized spacial score (nSPS) is 29.6. The molecule has 7 heterocycles. The number of nitrogens with one attached hydrogen (secondary N) is 3. The topological polar surface area (TPSA) is 188 Å². The molecule has 0 radical (unpaired) electrons. The summed E-state index contributed by atoms with van der Waals surface area (Å²) in [6.07, 6.45) is 1.60. The van der Waals surface area contributed by atoms with Gasteiger partial charge in [0.05, 0.1) is 36.5 Å². The smallest absolute Gasteiger partial charge is 0.335 e. The molecule has 14 nitrogen and oxygen atoms in total. The molecule has 3 aromatic carbocycles. The number of carbonyl (C=O) groups excluding carboxylic acids is 2. The van der Waals surface area contributed by atoms with Gasteiger partial charge in [-0.15, -0.1) is 11.8 Å². The first-order chi connectivity index (χ1) is 27.0. The molecule has 290 valence electrons. The van der Waals surface area contributed by atoms with E-state index in [1.807, 2.05) is 19.9 Å². The molecule has 2 bridgehead atoms. The van der Waals surface area contributed by atoms with E-state index in [0.717, 1.165) is 27.6 Å². The summed E-state index contributed by atoms with van der Waals surface area (Å²) in [6, 6.07) is 6.70. The first-order valence-electron chi connectivity index (χ1n) is 18.9. The van der Waals surface area contributed by atoms with E-state index in [1.165, 1.54) is 25.8 Å². The molecule has 5 N–H and O–H groups in total. The number of nitrogens with zero attached hydrogens (tertiary/aromatic N) is 2. The number of fused-ring (bicyclic) bond motifs is 15. The number of aromatic hydroxyl groups is 2. The predicted octanol–water partition coefficient (Wildman–Crippen LogP) is 4.64. The van der Waals surface area contributed by atoms with Crippen molar-refractivity contribution in [3.05, 3.63) is 68.9 Å². The van der Waals surface area contributed by atoms with E-state index in [2.05, 4.69) is 26.6 Å². The molecule has 1 aromatic heterocycles. The lowest BCUT2D eigenvalue weighted by atomic mass is 9.70. The molecule has 6 aliphatic rings. The highest BCUT2D eigenvalue weighted by molar-refractivity contribution is 8.00. The number of phenolic OH excluding ortho intramolecular Hbond substituents is 2. The Labute approximate surface area is 326 Å². The van der Waals surface area contributed by atoms with E-state index < -0.39 is 46.6 Å². The zero-order valence-electron chi connectivity index (χ0n) is 31.5. The van der Waals surface area contributed by atoms with Crippen LogP contribution >= 0.6 is 11.8 Å². The second-order valence-corrected chi connectivity index (χ2v) is 16.7. The minimum absolute atomic E-state index is 0.0200. The zero-order valence-corrected chi connectivity index (χ0v) is 32.3. The average molecular weight is 780 g/mol. The van der Waals surface area contributed by atoms with Crippen molar-refractivity contribution in [2.24, 2.45) is 0 Å². The van der Waals surface area contributed by atoms with Crippen molar-refractivity contribution in [2.45, 2.75) is 87.6 Å². The Morgan fingerprint density at radius 2 is 1.96 bits per heavy atom. The maximum atomic E-state index is 15.4. The molecule has 4 aromatic rings. The summed E-state index contributed by atoms with van der Waals surface area (Å²) in [5.74, 6) is 0.597. The van der Waals surface area contributed by atoms with Gasteiger partial charge in [-0.2, -0.15) is 5.26 Å². The molecule has 2 fully saturated rings. The van der Waals surface area contributed by atoms with Gasteiger partial charge in [0.25, 0.3) is 0 Å². The van der Waals surface area contributed by atoms with E-state index >= 15 is 4.79 Å². The van der Waals surface area contributed by atoms with E-state index in [1.54, 1.807) is 25.1 Å². The minimum atomic E-state index is -1.64. The second-order valence-electron chi connectivity index (χ2n) is 15.5. The van der Waals surface area contributed by atoms with E-state index in [0.29, 0.717) is 71.0 Å². The van der Waals surface area contributed by atoms with Crippen molar-refractivity contribution in [1.29, 1.82) is 5.26 Å². The number of aryl methyl sites for hydroxylation is 1. The summed E-state index contributed by atoms with van der Waals surface area (Å²) < 4.78 is 31.3. The van der Waals surface area contributed by atoms with Crippen molar-refractivity contribution in [2.75, 3.05) is 26.2 Å². The van der Waals surface area contributed by atoms with Crippen LogP contribution in [0, 0.1) is 25.2 Å². The Kier molecular flexibility index (Phi) is 7.67. The van der Waals surface area contributed by atoms with Crippen LogP contribution in [0.3, 0.4) is 0 Å². The van der Waals surface area contributed by atoms with Gasteiger partial charge in [-0.3, -0.25) is 15.0 Å². The van der Waals surface area contributed by atoms with Gasteiger partial charge >= 0.3 is 11.9 Å². The van der Waals surface area contributed by atoms with Crippen molar-refractivity contribution in [1.82, 2.24) is 20.5 Å². The fourth-order valence-electron chi connectivity index (χ4n) is 10.6. The van der Waals surface area contributed by atoms with Crippen LogP contribution in [0.4, 0.5) is 0 Å². The molecular weight excluding hydrogens is 739 g/mol. The van der Waals surface area contributed by atoms with E-state index in [9.17, 15) is 20.3 Å². The van der Waals surface area contributed by atoms with Gasteiger partial charge in [-0.25, -0.2) is 4.79 Å². The number of benzene rings is 3. The summed E-state index contributed by atoms with van der Waals surface area (Å²) >= 11 is 1.39. The Morgan fingerprint density at radius 1 is 1.16 bits per heavy atom. The lowest BCUT2D eigenvalue weighted by Gasteiger charge is -2.63. The van der Waals surface area contributed by atoms with Gasteiger partial charge in [-0.1, -0.05) is 13.0 Å². The third-order valence-electron chi connectivity index (χ3n) is 12.7. The number of methoxy groups -OCH3 is 1. The van der Waals surface area contributed by atoms with Crippen molar-refractivity contribution in [3.8, 4) is 40.6 Å². The third kappa shape index (κ3) is 4.43. The predicted molar refractivity (Wildman–Crippen MR) is 203 cm³/mol. The Balaban J connectivity index is 1.26. The molecule has 56 heavy (non-hydrogen) atoms. The number of ether oxygens (including phenoxy) is 5. The minimum Gasteiger partial charge on any atom is -0.508 e. The number of piperazine rings is 1. The standard InChI is InChI=1S/C41H41N5O9S/c1-6-26-29-30(34(54-19(4)47)18(3)35-36(29)53-16-52-35)41(38-31-28-20(11-17(2)33(51-5)32(28)49)12-25(44-31)27(14-42)46(26)38)55-39(50)40(15-56-41)37-22(9-10-43-40)23-13-21(48)7-8-24(23)45-37/h7-8,11,13,25-27,31,38,43-45,48-49H,6,9-10,12,15-16H2,1-5H3/t25?,26-,27-,31?,38?,40+,41+/m0/s1. The van der Waals surface area contributed by atoms with Crippen LogP contribution in [0.15, 0.2) is 24.3 Å². The highest BCUT2D eigenvalue weighted by atomic mass is 32.2. The molecule has 7 atom stereocenters. The van der Waals surface area contributed by atoms with Crippen LogP contribution in [0.1, 0.15) is 77.0 Å². The fourth-order valence-corrected chi connectivity index (χ4v) is 12.3. The van der Waals surface area contributed by atoms with Crippen molar-refractivity contribution >= 4 is 34.6 Å². The monoisotopic (exact) mass is 779 g/mol. The number of thioether (sulfide) groups is 1. The molecule has 0 saturated carbocycles. The van der Waals surface area contributed by atoms with Crippen LogP contribution in [-0.4, -0.2) is 76.4 Å². The Morgan fingerprint density at radius 3 is 2.70 bits per heavy atom. The SMILES string of the molecule is CC[C@H]1c2c3c(c(C)c(OC(C)=O)c2[C@]2(OC(=O)[C@]4(CS2)NCCc2c4[nH]c4ccc(O)cc24)C2C4NC(Cc5cc(C)c(OC)c(O)c54)[C@H](C#N)N21)OCO3. The largest absolute Gasteiger partial charge is 0.508 e. The third-order valence-corrected chi connectivity index (χ3v) is 14.2. The Bertz CT molecular complexity index is 2460. The lowest BCUT2D eigenvalue weighted by Crippen LogP contribution is -2.74. The van der Waals surface area contributed by atoms with Crippen molar-refractivity contribution < 1.29 is 43.5 Å². The van der Waals surface area contributed by atoms with Gasteiger partial charge < -0.3 is 44.2 Å². The highest BCUT2D eigenvalue weighted by Gasteiger charge is 2.69. The molecule has 6 aliphatic heterocycles. The Hall–Kier alpha value is -5.14. The molecule has 0 amide bonds. The lowest BCUT2D eigenvalue weighted by molar-refractivity contribution is -0.177. The maximum absolute atomic E-state index is 15.4. The van der Waals surface area contributed by atoms with Crippen LogP contribution in [0.5, 0.6) is 34.5 Å². The first kappa shape index (κ1) is 35.3. The van der Waals surface area contributed by atoms with E-state index in [-0.39, 0.29) is 35.8 Å². The number of rotatable bonds is 3. The zero-order chi connectivity index (χ0) is 39.0. The van der Waals surface area contributed by atoms with Crippen LogP contribution in [0.2, 0.25) is 0 Å². The maximum Gasteiger partial charge on any atom is 0.335 e. The van der Waals surface area contributed by atoms with Gasteiger partial charge in [0.1, 0.15) is 17.5 Å². The van der Waals surface area contributed by atoms with Gasteiger partial charge in [0.15, 0.2) is 28.5 Å². The van der Waals surface area contributed by atoms with Crippen LogP contribution < -0.4 is 29.6 Å². The molecule has 2 spiro atoms. The first-order valence-corrected chi connectivity index (χ1v) is 19.9. The number of nitriles is 1. The molecule has 15 heteroatoms. The fraction of sp³-hybridized carbons (Fsp3) is 0.439.